The minimum Gasteiger partial charge on any atom is -0.371 e. The number of thiazole rings is 1. The van der Waals surface area contributed by atoms with E-state index >= 15 is 0 Å². The van der Waals surface area contributed by atoms with Crippen LogP contribution in [0.15, 0.2) is 29.7 Å². The summed E-state index contributed by atoms with van der Waals surface area (Å²) >= 11 is 1.54. The van der Waals surface area contributed by atoms with Crippen LogP contribution in [0.25, 0.3) is 6.08 Å². The van der Waals surface area contributed by atoms with Crippen molar-refractivity contribution in [1.29, 1.82) is 0 Å². The molecule has 0 atom stereocenters. The number of likely N-dealkylation sites (tertiary alicyclic amines) is 1. The van der Waals surface area contributed by atoms with E-state index < -0.39 is 5.91 Å². The molecule has 1 aromatic carbocycles. The molecule has 0 saturated carbocycles. The average molecular weight is 487 g/mol. The van der Waals surface area contributed by atoms with Gasteiger partial charge < -0.3 is 15.4 Å². The van der Waals surface area contributed by atoms with Gasteiger partial charge in [0.15, 0.2) is 0 Å². The number of hydrogen-bond acceptors (Lipinski definition) is 6. The Balaban J connectivity index is 1.36. The topological polar surface area (TPSA) is 88.8 Å². The highest BCUT2D eigenvalue weighted by molar-refractivity contribution is 7.09. The zero-order valence-corrected chi connectivity index (χ0v) is 20.4. The van der Waals surface area contributed by atoms with Gasteiger partial charge in [-0.2, -0.15) is 0 Å². The Morgan fingerprint density at radius 2 is 2.06 bits per heavy atom. The Kier molecular flexibility index (Phi) is 7.45. The molecular formula is C25H31FN4O3S. The summed E-state index contributed by atoms with van der Waals surface area (Å²) in [6, 6.07) is 4.92. The lowest BCUT2D eigenvalue weighted by Crippen LogP contribution is -2.58. The molecule has 4 rings (SSSR count). The number of primary amides is 1. The van der Waals surface area contributed by atoms with Gasteiger partial charge in [0.05, 0.1) is 23.8 Å². The highest BCUT2D eigenvalue weighted by Gasteiger charge is 2.41. The fourth-order valence-electron chi connectivity index (χ4n) is 4.50. The summed E-state index contributed by atoms with van der Waals surface area (Å²) in [6.45, 7) is 8.15. The number of nitrogens with zero attached hydrogens (tertiary/aromatic N) is 3. The van der Waals surface area contributed by atoms with Crippen molar-refractivity contribution in [3.8, 4) is 0 Å². The lowest BCUT2D eigenvalue weighted by atomic mass is 9.89. The van der Waals surface area contributed by atoms with Gasteiger partial charge in [-0.05, 0) is 36.6 Å². The Labute approximate surface area is 203 Å². The molecule has 2 fully saturated rings. The Hall–Kier alpha value is -2.62. The zero-order chi connectivity index (χ0) is 24.3. The van der Waals surface area contributed by atoms with Gasteiger partial charge in [-0.15, -0.1) is 11.3 Å². The highest BCUT2D eigenvalue weighted by Crippen LogP contribution is 2.32. The summed E-state index contributed by atoms with van der Waals surface area (Å²) in [7, 11) is 0. The first kappa shape index (κ1) is 24.5. The van der Waals surface area contributed by atoms with Crippen LogP contribution in [0.1, 0.15) is 59.2 Å². The normalized spacial score (nSPS) is 18.8. The number of ether oxygens (including phenoxy) is 1. The van der Waals surface area contributed by atoms with E-state index in [1.54, 1.807) is 12.1 Å². The second-order valence-corrected chi connectivity index (χ2v) is 10.2. The third kappa shape index (κ3) is 5.71. The van der Waals surface area contributed by atoms with Crippen molar-refractivity contribution in [2.75, 3.05) is 32.8 Å². The van der Waals surface area contributed by atoms with Crippen molar-refractivity contribution in [3.05, 3.63) is 57.3 Å². The maximum Gasteiger partial charge on any atom is 0.273 e. The summed E-state index contributed by atoms with van der Waals surface area (Å²) in [5.74, 6) is -0.708. The molecule has 2 amide bonds. The van der Waals surface area contributed by atoms with E-state index in [4.69, 9.17) is 10.5 Å². The van der Waals surface area contributed by atoms with Crippen molar-refractivity contribution in [2.45, 2.75) is 44.8 Å². The second-order valence-electron chi connectivity index (χ2n) is 9.35. The monoisotopic (exact) mass is 486 g/mol. The summed E-state index contributed by atoms with van der Waals surface area (Å²) in [5.41, 5.74) is 6.63. The average Bonchev–Trinajstić information content (AvgIpc) is 3.31. The van der Waals surface area contributed by atoms with E-state index in [-0.39, 0.29) is 17.3 Å². The van der Waals surface area contributed by atoms with Crippen LogP contribution in [0.3, 0.4) is 0 Å². The molecule has 0 unspecified atom stereocenters. The molecule has 2 N–H and O–H groups in total. The van der Waals surface area contributed by atoms with Crippen LogP contribution >= 0.6 is 11.3 Å². The number of benzene rings is 1. The van der Waals surface area contributed by atoms with Gasteiger partial charge in [0.2, 0.25) is 5.91 Å². The van der Waals surface area contributed by atoms with Crippen LogP contribution in [0, 0.1) is 5.82 Å². The van der Waals surface area contributed by atoms with Gasteiger partial charge in [-0.3, -0.25) is 14.5 Å². The van der Waals surface area contributed by atoms with Crippen molar-refractivity contribution >= 4 is 29.2 Å². The largest absolute Gasteiger partial charge is 0.371 e. The van der Waals surface area contributed by atoms with Crippen molar-refractivity contribution in [3.63, 3.8) is 0 Å². The number of carbonyl (C=O) groups is 2. The third-order valence-electron chi connectivity index (χ3n) is 6.43. The van der Waals surface area contributed by atoms with E-state index in [1.165, 1.54) is 23.5 Å². The first-order valence-electron chi connectivity index (χ1n) is 11.6. The van der Waals surface area contributed by atoms with Gasteiger partial charge in [-0.1, -0.05) is 19.9 Å². The molecule has 2 aromatic rings. The molecule has 182 valence electrons. The molecule has 1 aromatic heterocycles. The number of rotatable bonds is 6. The first-order chi connectivity index (χ1) is 16.2. The molecule has 3 heterocycles. The van der Waals surface area contributed by atoms with Crippen LogP contribution < -0.4 is 5.73 Å². The molecule has 9 heteroatoms. The van der Waals surface area contributed by atoms with Crippen molar-refractivity contribution in [2.24, 2.45) is 5.73 Å². The lowest BCUT2D eigenvalue weighted by Gasteiger charge is -2.47. The number of carbonyl (C=O) groups excluding carboxylic acids is 2. The molecule has 34 heavy (non-hydrogen) atoms. The van der Waals surface area contributed by atoms with Crippen LogP contribution in [-0.2, 0) is 16.1 Å². The van der Waals surface area contributed by atoms with Gasteiger partial charge in [-0.25, -0.2) is 9.37 Å². The quantitative estimate of drug-likeness (QED) is 0.632. The SMILES string of the molecule is CC(C)c1nc(C(=O)N2CCOC3(CCN(Cc4ccc(F)c(/C=C/C(N)=O)c4)CC3)C2)cs1. The Morgan fingerprint density at radius 3 is 2.74 bits per heavy atom. The van der Waals surface area contributed by atoms with Gasteiger partial charge in [0.25, 0.3) is 5.91 Å². The highest BCUT2D eigenvalue weighted by atomic mass is 32.1. The number of amides is 2. The number of nitrogens with two attached hydrogens (primary N) is 1. The number of hydrogen-bond donors (Lipinski definition) is 1. The van der Waals surface area contributed by atoms with E-state index in [9.17, 15) is 14.0 Å². The lowest BCUT2D eigenvalue weighted by molar-refractivity contribution is -0.128. The van der Waals surface area contributed by atoms with Crippen molar-refractivity contribution in [1.82, 2.24) is 14.8 Å². The fraction of sp³-hybridized carbons (Fsp3) is 0.480. The maximum atomic E-state index is 14.0. The molecule has 2 saturated heterocycles. The molecule has 0 bridgehead atoms. The number of morpholine rings is 1. The maximum absolute atomic E-state index is 14.0. The number of aromatic nitrogens is 1. The third-order valence-corrected chi connectivity index (χ3v) is 7.58. The summed E-state index contributed by atoms with van der Waals surface area (Å²) in [5, 5.41) is 2.84. The second kappa shape index (κ2) is 10.3. The Bertz CT molecular complexity index is 1080. The van der Waals surface area contributed by atoms with Crippen LogP contribution in [-0.4, -0.2) is 65.0 Å². The van der Waals surface area contributed by atoms with E-state index in [0.717, 1.165) is 42.6 Å². The van der Waals surface area contributed by atoms with Gasteiger partial charge >= 0.3 is 0 Å². The Morgan fingerprint density at radius 1 is 1.29 bits per heavy atom. The van der Waals surface area contributed by atoms with E-state index in [0.29, 0.717) is 43.4 Å². The molecule has 1 spiro atoms. The predicted molar refractivity (Wildman–Crippen MR) is 130 cm³/mol. The molecule has 2 aliphatic rings. The molecule has 0 aliphatic carbocycles. The fourth-order valence-corrected chi connectivity index (χ4v) is 5.31. The molecule has 0 radical (unpaired) electrons. The van der Waals surface area contributed by atoms with E-state index in [2.05, 4.69) is 23.7 Å². The van der Waals surface area contributed by atoms with Crippen LogP contribution in [0.2, 0.25) is 0 Å². The summed E-state index contributed by atoms with van der Waals surface area (Å²) in [6.07, 6.45) is 4.21. The number of piperidine rings is 1. The molecule has 7 nitrogen and oxygen atoms in total. The van der Waals surface area contributed by atoms with Gasteiger partial charge in [0, 0.05) is 49.1 Å². The van der Waals surface area contributed by atoms with Crippen molar-refractivity contribution < 1.29 is 18.7 Å². The summed E-state index contributed by atoms with van der Waals surface area (Å²) in [4.78, 5) is 32.8. The molecule has 2 aliphatic heterocycles. The minimum atomic E-state index is -0.610. The predicted octanol–water partition coefficient (Wildman–Crippen LogP) is 3.41. The van der Waals surface area contributed by atoms with E-state index in [1.807, 2.05) is 10.3 Å². The smallest absolute Gasteiger partial charge is 0.273 e. The minimum absolute atomic E-state index is 0.0175. The number of halogens is 1. The first-order valence-corrected chi connectivity index (χ1v) is 12.5. The zero-order valence-electron chi connectivity index (χ0n) is 19.6. The van der Waals surface area contributed by atoms with Crippen LogP contribution in [0.5, 0.6) is 0 Å². The summed E-state index contributed by atoms with van der Waals surface area (Å²) < 4.78 is 20.2. The standard InChI is InChI=1S/C25H31FN4O3S/c1-17(2)23-28-21(15-34-23)24(32)30-11-12-33-25(16-30)7-9-29(10-8-25)14-18-3-5-20(26)19(13-18)4-6-22(27)31/h3-6,13,15,17H,7-12,14,16H2,1-2H3,(H2,27,31)/b6-4+. The van der Waals surface area contributed by atoms with Crippen LogP contribution in [0.4, 0.5) is 4.39 Å². The molecular weight excluding hydrogens is 455 g/mol. The van der Waals surface area contributed by atoms with Gasteiger partial charge in [0.1, 0.15) is 11.5 Å².